The van der Waals surface area contributed by atoms with Gasteiger partial charge in [0.2, 0.25) is 0 Å². The van der Waals surface area contributed by atoms with E-state index in [0.29, 0.717) is 11.1 Å². The first-order valence-electron chi connectivity index (χ1n) is 3.87. The zero-order chi connectivity index (χ0) is 9.26. The van der Waals surface area contributed by atoms with Crippen LogP contribution in [0.5, 0.6) is 0 Å². The fourth-order valence-corrected chi connectivity index (χ4v) is 1.29. The van der Waals surface area contributed by atoms with E-state index in [-0.39, 0.29) is 6.61 Å². The Morgan fingerprint density at radius 2 is 2.38 bits per heavy atom. The second-order valence-electron chi connectivity index (χ2n) is 2.75. The van der Waals surface area contributed by atoms with Crippen molar-refractivity contribution in [1.82, 2.24) is 9.97 Å². The maximum atomic E-state index is 10.6. The molecule has 0 aliphatic rings. The molecule has 0 amide bonds. The number of aromatic nitrogens is 2. The SMILES string of the molecule is O=Cc1cc2nc[nH]c2cc1CO. The second-order valence-corrected chi connectivity index (χ2v) is 2.75. The molecule has 0 radical (unpaired) electrons. The molecule has 0 aliphatic heterocycles. The first-order valence-corrected chi connectivity index (χ1v) is 3.87. The topological polar surface area (TPSA) is 66.0 Å². The number of hydrogen-bond donors (Lipinski definition) is 2. The molecule has 0 fully saturated rings. The number of H-pyrrole nitrogens is 1. The van der Waals surface area contributed by atoms with Crippen molar-refractivity contribution in [2.24, 2.45) is 0 Å². The first kappa shape index (κ1) is 7.94. The summed E-state index contributed by atoms with van der Waals surface area (Å²) in [5.41, 5.74) is 2.67. The first-order chi connectivity index (χ1) is 6.35. The number of nitrogens with one attached hydrogen (secondary N) is 1. The molecule has 2 aromatic rings. The molecular weight excluding hydrogens is 168 g/mol. The number of imidazole rings is 1. The molecule has 0 spiro atoms. The number of carbonyl (C=O) groups excluding carboxylic acids is 1. The van der Waals surface area contributed by atoms with Crippen LogP contribution in [0.2, 0.25) is 0 Å². The van der Waals surface area contributed by atoms with Gasteiger partial charge in [0, 0.05) is 5.56 Å². The number of aldehydes is 1. The molecular formula is C9H8N2O2. The zero-order valence-electron chi connectivity index (χ0n) is 6.82. The molecule has 4 heteroatoms. The van der Waals surface area contributed by atoms with Crippen molar-refractivity contribution in [2.45, 2.75) is 6.61 Å². The van der Waals surface area contributed by atoms with Crippen molar-refractivity contribution in [3.63, 3.8) is 0 Å². The molecule has 4 nitrogen and oxygen atoms in total. The van der Waals surface area contributed by atoms with Gasteiger partial charge in [-0.1, -0.05) is 0 Å². The van der Waals surface area contributed by atoms with Crippen LogP contribution >= 0.6 is 0 Å². The summed E-state index contributed by atoms with van der Waals surface area (Å²) < 4.78 is 0. The predicted octanol–water partition coefficient (Wildman–Crippen LogP) is 0.868. The van der Waals surface area contributed by atoms with E-state index in [1.54, 1.807) is 18.5 Å². The Bertz CT molecular complexity index is 448. The van der Waals surface area contributed by atoms with Crippen LogP contribution in [0, 0.1) is 0 Å². The van der Waals surface area contributed by atoms with Gasteiger partial charge in [0.15, 0.2) is 0 Å². The Balaban J connectivity index is 2.73. The third kappa shape index (κ3) is 1.21. The number of rotatable bonds is 2. The molecule has 66 valence electrons. The van der Waals surface area contributed by atoms with Gasteiger partial charge in [-0.25, -0.2) is 4.98 Å². The lowest BCUT2D eigenvalue weighted by Crippen LogP contribution is -1.92. The number of hydrogen-bond acceptors (Lipinski definition) is 3. The van der Waals surface area contributed by atoms with E-state index in [1.807, 2.05) is 0 Å². The molecule has 2 N–H and O–H groups in total. The standard InChI is InChI=1S/C9H8N2O2/c12-3-6-1-8-9(11-5-10-8)2-7(6)4-13/h1-3,5,13H,4H2,(H,10,11). The Kier molecular flexibility index (Phi) is 1.83. The highest BCUT2D eigenvalue weighted by atomic mass is 16.3. The van der Waals surface area contributed by atoms with Crippen LogP contribution in [0.25, 0.3) is 11.0 Å². The number of aromatic amines is 1. The van der Waals surface area contributed by atoms with Crippen molar-refractivity contribution in [3.05, 3.63) is 29.6 Å². The van der Waals surface area contributed by atoms with Gasteiger partial charge < -0.3 is 10.1 Å². The molecule has 0 atom stereocenters. The number of aliphatic hydroxyl groups is 1. The normalized spacial score (nSPS) is 10.5. The quantitative estimate of drug-likeness (QED) is 0.667. The predicted molar refractivity (Wildman–Crippen MR) is 47.4 cm³/mol. The number of fused-ring (bicyclic) bond motifs is 1. The summed E-state index contributed by atoms with van der Waals surface area (Å²) in [6.07, 6.45) is 2.28. The lowest BCUT2D eigenvalue weighted by Gasteiger charge is -1.99. The minimum absolute atomic E-state index is 0.136. The van der Waals surface area contributed by atoms with Crippen LogP contribution in [0.15, 0.2) is 18.5 Å². The lowest BCUT2D eigenvalue weighted by atomic mass is 10.1. The van der Waals surface area contributed by atoms with E-state index in [4.69, 9.17) is 5.11 Å². The Labute approximate surface area is 74.2 Å². The van der Waals surface area contributed by atoms with Gasteiger partial charge in [-0.15, -0.1) is 0 Å². The summed E-state index contributed by atoms with van der Waals surface area (Å²) >= 11 is 0. The maximum Gasteiger partial charge on any atom is 0.150 e. The van der Waals surface area contributed by atoms with Crippen molar-refractivity contribution in [3.8, 4) is 0 Å². The number of nitrogens with zero attached hydrogens (tertiary/aromatic N) is 1. The van der Waals surface area contributed by atoms with Gasteiger partial charge in [-0.2, -0.15) is 0 Å². The van der Waals surface area contributed by atoms with Gasteiger partial charge in [0.05, 0.1) is 24.0 Å². The fourth-order valence-electron chi connectivity index (χ4n) is 1.29. The highest BCUT2D eigenvalue weighted by molar-refractivity contribution is 5.86. The summed E-state index contributed by atoms with van der Waals surface area (Å²) in [5.74, 6) is 0. The average Bonchev–Trinajstić information content (AvgIpc) is 2.62. The van der Waals surface area contributed by atoms with E-state index in [1.165, 1.54) is 0 Å². The van der Waals surface area contributed by atoms with Crippen LogP contribution in [0.4, 0.5) is 0 Å². The second kappa shape index (κ2) is 2.99. The van der Waals surface area contributed by atoms with Gasteiger partial charge >= 0.3 is 0 Å². The van der Waals surface area contributed by atoms with Crippen LogP contribution in [0.1, 0.15) is 15.9 Å². The van der Waals surface area contributed by atoms with Crippen molar-refractivity contribution < 1.29 is 9.90 Å². The lowest BCUT2D eigenvalue weighted by molar-refractivity contribution is 0.112. The number of benzene rings is 1. The van der Waals surface area contributed by atoms with Crippen LogP contribution in [0.3, 0.4) is 0 Å². The minimum atomic E-state index is -0.136. The zero-order valence-corrected chi connectivity index (χ0v) is 6.82. The molecule has 0 saturated carbocycles. The third-order valence-electron chi connectivity index (χ3n) is 1.98. The highest BCUT2D eigenvalue weighted by Crippen LogP contribution is 2.15. The summed E-state index contributed by atoms with van der Waals surface area (Å²) in [5, 5.41) is 8.95. The van der Waals surface area contributed by atoms with Crippen LogP contribution < -0.4 is 0 Å². The number of aliphatic hydroxyl groups excluding tert-OH is 1. The fraction of sp³-hybridized carbons (Fsp3) is 0.111. The van der Waals surface area contributed by atoms with E-state index >= 15 is 0 Å². The van der Waals surface area contributed by atoms with Gasteiger partial charge in [0.1, 0.15) is 6.29 Å². The monoisotopic (exact) mass is 176 g/mol. The smallest absolute Gasteiger partial charge is 0.150 e. The van der Waals surface area contributed by atoms with Gasteiger partial charge in [-0.3, -0.25) is 4.79 Å². The largest absolute Gasteiger partial charge is 0.392 e. The summed E-state index contributed by atoms with van der Waals surface area (Å²) in [6, 6.07) is 3.39. The van der Waals surface area contributed by atoms with E-state index in [0.717, 1.165) is 17.3 Å². The van der Waals surface area contributed by atoms with Crippen LogP contribution in [-0.2, 0) is 6.61 Å². The van der Waals surface area contributed by atoms with E-state index < -0.39 is 0 Å². The molecule has 0 bridgehead atoms. The van der Waals surface area contributed by atoms with Gasteiger partial charge in [0.25, 0.3) is 0 Å². The summed E-state index contributed by atoms with van der Waals surface area (Å²) in [4.78, 5) is 17.5. The Morgan fingerprint density at radius 3 is 3.08 bits per heavy atom. The minimum Gasteiger partial charge on any atom is -0.392 e. The molecule has 1 aromatic heterocycles. The number of carbonyl (C=O) groups is 1. The summed E-state index contributed by atoms with van der Waals surface area (Å²) in [6.45, 7) is -0.136. The van der Waals surface area contributed by atoms with Gasteiger partial charge in [-0.05, 0) is 17.7 Å². The molecule has 2 rings (SSSR count). The maximum absolute atomic E-state index is 10.6. The van der Waals surface area contributed by atoms with Crippen molar-refractivity contribution in [2.75, 3.05) is 0 Å². The van der Waals surface area contributed by atoms with Crippen LogP contribution in [-0.4, -0.2) is 21.4 Å². The molecule has 1 heterocycles. The van der Waals surface area contributed by atoms with Crippen molar-refractivity contribution in [1.29, 1.82) is 0 Å². The Hall–Kier alpha value is -1.68. The molecule has 1 aromatic carbocycles. The average molecular weight is 176 g/mol. The molecule has 13 heavy (non-hydrogen) atoms. The Morgan fingerprint density at radius 1 is 1.54 bits per heavy atom. The highest BCUT2D eigenvalue weighted by Gasteiger charge is 2.04. The van der Waals surface area contributed by atoms with E-state index in [9.17, 15) is 4.79 Å². The van der Waals surface area contributed by atoms with Crippen molar-refractivity contribution >= 4 is 17.3 Å². The molecule has 0 aliphatic carbocycles. The summed E-state index contributed by atoms with van der Waals surface area (Å²) in [7, 11) is 0. The molecule has 0 unspecified atom stereocenters. The van der Waals surface area contributed by atoms with E-state index in [2.05, 4.69) is 9.97 Å². The third-order valence-corrected chi connectivity index (χ3v) is 1.98. The molecule has 0 saturated heterocycles.